The van der Waals surface area contributed by atoms with E-state index in [0.717, 1.165) is 48.8 Å². The Balaban J connectivity index is 1.44. The number of thiazole rings is 1. The smallest absolute Gasteiger partial charge is 0.267 e. The number of aliphatic hydroxyl groups is 1. The number of carbonyl (C=O) groups is 1. The zero-order chi connectivity index (χ0) is 24.8. The Morgan fingerprint density at radius 3 is 2.77 bits per heavy atom. The highest BCUT2D eigenvalue weighted by Crippen LogP contribution is 2.27. The van der Waals surface area contributed by atoms with Crippen molar-refractivity contribution in [3.8, 4) is 0 Å². The van der Waals surface area contributed by atoms with Gasteiger partial charge in [-0.15, -0.1) is 0 Å². The molecule has 1 fully saturated rings. The molecule has 0 atom stereocenters. The quantitative estimate of drug-likeness (QED) is 0.330. The van der Waals surface area contributed by atoms with Gasteiger partial charge < -0.3 is 20.6 Å². The molecule has 0 saturated carbocycles. The van der Waals surface area contributed by atoms with Crippen LogP contribution in [0.25, 0.3) is 6.08 Å². The standard InChI is InChI=1S/C24H28IN7O2S/c1-16-4-3-5-18(6-7-25)22(16)30-23(34)19-15-26-24(35-19)29-20-14-21(28-17(2)27-20)32-10-8-31(9-11-32)12-13-33/h3-7,14-15,33H,8-13H2,1-2H3,(H,30,34)(H,26,27,28,29)/b7-6-. The number of halogens is 1. The molecule has 0 aliphatic carbocycles. The maximum atomic E-state index is 12.9. The Bertz CT molecular complexity index is 1210. The molecule has 1 aliphatic rings. The van der Waals surface area contributed by atoms with Gasteiger partial charge in [-0.05, 0) is 35.1 Å². The number of amides is 1. The molecule has 0 bridgehead atoms. The Morgan fingerprint density at radius 1 is 1.23 bits per heavy atom. The van der Waals surface area contributed by atoms with E-state index in [1.54, 1.807) is 6.20 Å². The zero-order valence-corrected chi connectivity index (χ0v) is 22.6. The van der Waals surface area contributed by atoms with Crippen molar-refractivity contribution in [2.45, 2.75) is 13.8 Å². The lowest BCUT2D eigenvalue weighted by Gasteiger charge is -2.35. The summed E-state index contributed by atoms with van der Waals surface area (Å²) in [5, 5.41) is 16.0. The predicted molar refractivity (Wildman–Crippen MR) is 150 cm³/mol. The van der Waals surface area contributed by atoms with Gasteiger partial charge in [0.25, 0.3) is 5.91 Å². The molecule has 0 radical (unpaired) electrons. The van der Waals surface area contributed by atoms with Crippen molar-refractivity contribution in [3.63, 3.8) is 0 Å². The summed E-state index contributed by atoms with van der Waals surface area (Å²) in [5.74, 6) is 1.95. The normalized spacial score (nSPS) is 14.5. The van der Waals surface area contributed by atoms with Gasteiger partial charge in [0.05, 0.1) is 18.5 Å². The van der Waals surface area contributed by atoms with Gasteiger partial charge in [0.15, 0.2) is 5.13 Å². The number of para-hydroxylation sites is 1. The minimum absolute atomic E-state index is 0.177. The van der Waals surface area contributed by atoms with E-state index < -0.39 is 0 Å². The molecular weight excluding hydrogens is 577 g/mol. The van der Waals surface area contributed by atoms with Gasteiger partial charge in [-0.1, -0.05) is 52.1 Å². The molecule has 3 aromatic rings. The number of hydrogen-bond acceptors (Lipinski definition) is 9. The second-order valence-corrected chi connectivity index (χ2v) is 9.90. The number of carbonyl (C=O) groups excluding carboxylic acids is 1. The summed E-state index contributed by atoms with van der Waals surface area (Å²) in [4.78, 5) is 31.4. The van der Waals surface area contributed by atoms with Crippen LogP contribution in [0.4, 0.5) is 22.5 Å². The van der Waals surface area contributed by atoms with Crippen LogP contribution in [0.5, 0.6) is 0 Å². The van der Waals surface area contributed by atoms with Crippen molar-refractivity contribution in [2.75, 3.05) is 54.9 Å². The molecule has 4 rings (SSSR count). The lowest BCUT2D eigenvalue weighted by molar-refractivity contribution is 0.103. The number of aryl methyl sites for hydroxylation is 2. The number of rotatable bonds is 8. The van der Waals surface area contributed by atoms with Gasteiger partial charge in [-0.3, -0.25) is 9.69 Å². The molecule has 0 unspecified atom stereocenters. The molecule has 0 spiro atoms. The number of nitrogens with one attached hydrogen (secondary N) is 2. The van der Waals surface area contributed by atoms with E-state index >= 15 is 0 Å². The number of nitrogens with zero attached hydrogens (tertiary/aromatic N) is 5. The SMILES string of the molecule is Cc1nc(Nc2ncc(C(=O)Nc3c(C)cccc3/C=C\I)s2)cc(N2CCN(CCO)CC2)n1. The fourth-order valence-electron chi connectivity index (χ4n) is 3.91. The van der Waals surface area contributed by atoms with Gasteiger partial charge in [0.2, 0.25) is 0 Å². The van der Waals surface area contributed by atoms with Crippen molar-refractivity contribution in [1.82, 2.24) is 19.9 Å². The van der Waals surface area contributed by atoms with E-state index in [0.29, 0.717) is 28.2 Å². The van der Waals surface area contributed by atoms with Gasteiger partial charge in [0.1, 0.15) is 22.3 Å². The minimum Gasteiger partial charge on any atom is -0.395 e. The topological polar surface area (TPSA) is 107 Å². The highest BCUT2D eigenvalue weighted by molar-refractivity contribution is 14.1. The number of hydrogen-bond donors (Lipinski definition) is 3. The number of aliphatic hydroxyl groups excluding tert-OH is 1. The molecule has 1 aliphatic heterocycles. The number of benzene rings is 1. The predicted octanol–water partition coefficient (Wildman–Crippen LogP) is 4.07. The Morgan fingerprint density at radius 2 is 2.03 bits per heavy atom. The summed E-state index contributed by atoms with van der Waals surface area (Å²) >= 11 is 3.44. The molecule has 1 saturated heterocycles. The summed E-state index contributed by atoms with van der Waals surface area (Å²) in [5.41, 5.74) is 2.75. The summed E-state index contributed by atoms with van der Waals surface area (Å²) < 4.78 is 1.92. The lowest BCUT2D eigenvalue weighted by atomic mass is 10.1. The molecule has 35 heavy (non-hydrogen) atoms. The van der Waals surface area contributed by atoms with Crippen LogP contribution in [0.2, 0.25) is 0 Å². The molecule has 11 heteroatoms. The van der Waals surface area contributed by atoms with Crippen LogP contribution in [-0.4, -0.2) is 70.2 Å². The van der Waals surface area contributed by atoms with Gasteiger partial charge >= 0.3 is 0 Å². The monoisotopic (exact) mass is 605 g/mol. The average Bonchev–Trinajstić information content (AvgIpc) is 3.30. The lowest BCUT2D eigenvalue weighted by Crippen LogP contribution is -2.47. The first-order chi connectivity index (χ1) is 17.0. The Labute approximate surface area is 222 Å². The summed E-state index contributed by atoms with van der Waals surface area (Å²) in [7, 11) is 0. The molecule has 2 aromatic heterocycles. The van der Waals surface area contributed by atoms with E-state index in [9.17, 15) is 4.79 Å². The van der Waals surface area contributed by atoms with Crippen molar-refractivity contribution in [3.05, 3.63) is 56.4 Å². The third-order valence-corrected chi connectivity index (χ3v) is 6.96. The second-order valence-electron chi connectivity index (χ2n) is 8.15. The molecule has 184 valence electrons. The van der Waals surface area contributed by atoms with E-state index in [2.05, 4.69) is 58.0 Å². The number of piperazine rings is 1. The van der Waals surface area contributed by atoms with E-state index in [1.165, 1.54) is 11.3 Å². The maximum absolute atomic E-state index is 12.9. The van der Waals surface area contributed by atoms with Gasteiger partial charge in [-0.25, -0.2) is 15.0 Å². The molecular formula is C24H28IN7O2S. The van der Waals surface area contributed by atoms with Crippen LogP contribution < -0.4 is 15.5 Å². The fraction of sp³-hybridized carbons (Fsp3) is 0.333. The van der Waals surface area contributed by atoms with E-state index in [-0.39, 0.29) is 12.5 Å². The molecule has 9 nitrogen and oxygen atoms in total. The van der Waals surface area contributed by atoms with Crippen LogP contribution in [0, 0.1) is 13.8 Å². The molecule has 1 aromatic carbocycles. The number of β-amino-alcohol motifs (C(OH)–C–C–N with tert-alkyl or cyclic N) is 1. The first-order valence-electron chi connectivity index (χ1n) is 11.3. The Kier molecular flexibility index (Phi) is 8.65. The van der Waals surface area contributed by atoms with Crippen LogP contribution >= 0.6 is 33.9 Å². The molecule has 3 N–H and O–H groups in total. The average molecular weight is 606 g/mol. The number of aromatic nitrogens is 3. The van der Waals surface area contributed by atoms with Crippen molar-refractivity contribution < 1.29 is 9.90 Å². The van der Waals surface area contributed by atoms with Crippen molar-refractivity contribution in [2.24, 2.45) is 0 Å². The molecule has 1 amide bonds. The third-order valence-electron chi connectivity index (χ3n) is 5.69. The zero-order valence-electron chi connectivity index (χ0n) is 19.7. The van der Waals surface area contributed by atoms with Crippen LogP contribution in [-0.2, 0) is 0 Å². The van der Waals surface area contributed by atoms with Gasteiger partial charge in [-0.2, -0.15) is 0 Å². The highest BCUT2D eigenvalue weighted by Gasteiger charge is 2.19. The fourth-order valence-corrected chi connectivity index (χ4v) is 5.02. The highest BCUT2D eigenvalue weighted by atomic mass is 127. The van der Waals surface area contributed by atoms with Gasteiger partial charge in [0, 0.05) is 38.8 Å². The minimum atomic E-state index is -0.201. The van der Waals surface area contributed by atoms with Crippen molar-refractivity contribution >= 4 is 68.4 Å². The summed E-state index contributed by atoms with van der Waals surface area (Å²) in [6.45, 7) is 8.15. The number of anilines is 4. The second kappa shape index (κ2) is 11.9. The largest absolute Gasteiger partial charge is 0.395 e. The van der Waals surface area contributed by atoms with E-state index in [1.807, 2.05) is 48.3 Å². The summed E-state index contributed by atoms with van der Waals surface area (Å²) in [6.07, 6.45) is 3.54. The van der Waals surface area contributed by atoms with Crippen molar-refractivity contribution in [1.29, 1.82) is 0 Å². The van der Waals surface area contributed by atoms with E-state index in [4.69, 9.17) is 5.11 Å². The van der Waals surface area contributed by atoms with Crippen LogP contribution in [0.15, 0.2) is 34.5 Å². The first-order valence-corrected chi connectivity index (χ1v) is 13.4. The Hall–Kier alpha value is -2.61. The summed E-state index contributed by atoms with van der Waals surface area (Å²) in [6, 6.07) is 7.82. The molecule has 3 heterocycles. The first kappa shape index (κ1) is 25.5. The van der Waals surface area contributed by atoms with Crippen LogP contribution in [0.1, 0.15) is 26.6 Å². The van der Waals surface area contributed by atoms with Crippen LogP contribution in [0.3, 0.4) is 0 Å². The maximum Gasteiger partial charge on any atom is 0.267 e. The third kappa shape index (κ3) is 6.54.